The normalized spacial score (nSPS) is 16.1. The van der Waals surface area contributed by atoms with E-state index in [0.29, 0.717) is 45.7 Å². The molecule has 0 aromatic heterocycles. The molecule has 2 N–H and O–H groups in total. The van der Waals surface area contributed by atoms with Crippen molar-refractivity contribution in [2.75, 3.05) is 39.5 Å². The van der Waals surface area contributed by atoms with Crippen LogP contribution >= 0.6 is 0 Å². The van der Waals surface area contributed by atoms with Gasteiger partial charge in [0, 0.05) is 32.8 Å². The molecule has 0 aromatic rings. The number of carbonyl (C=O) groups excluding carboxylic acids is 1. The molecule has 2 amide bonds. The van der Waals surface area contributed by atoms with Gasteiger partial charge in [-0.2, -0.15) is 0 Å². The topological polar surface area (TPSA) is 88.1 Å². The van der Waals surface area contributed by atoms with Gasteiger partial charge in [-0.25, -0.2) is 9.59 Å². The third kappa shape index (κ3) is 6.72. The average Bonchev–Trinajstić information content (AvgIpc) is 2.45. The molecule has 0 radical (unpaired) electrons. The minimum absolute atomic E-state index is 0.0619. The number of nitrogens with one attached hydrogen (secondary N) is 1. The van der Waals surface area contributed by atoms with Gasteiger partial charge in [0.15, 0.2) is 0 Å². The lowest BCUT2D eigenvalue weighted by Gasteiger charge is -2.31. The van der Waals surface area contributed by atoms with Crippen molar-refractivity contribution in [3.8, 4) is 0 Å². The van der Waals surface area contributed by atoms with E-state index >= 15 is 0 Å². The van der Waals surface area contributed by atoms with Gasteiger partial charge in [0.2, 0.25) is 0 Å². The number of urea groups is 1. The SMILES string of the molecule is CCOCCCNC(=O)N1CCC(OCC(=O)O)CC1. The second-order valence-electron chi connectivity index (χ2n) is 4.67. The Labute approximate surface area is 119 Å². The standard InChI is InChI=1S/C13H24N2O5/c1-2-19-9-3-6-14-13(18)15-7-4-11(5-8-15)20-10-12(16)17/h11H,2-10H2,1H3,(H,14,18)(H,16,17). The highest BCUT2D eigenvalue weighted by atomic mass is 16.5. The molecule has 0 aromatic carbocycles. The largest absolute Gasteiger partial charge is 0.480 e. The molecule has 7 heteroatoms. The first-order chi connectivity index (χ1) is 9.63. The van der Waals surface area contributed by atoms with Gasteiger partial charge >= 0.3 is 12.0 Å². The van der Waals surface area contributed by atoms with E-state index in [1.54, 1.807) is 4.90 Å². The van der Waals surface area contributed by atoms with E-state index in [9.17, 15) is 9.59 Å². The quantitative estimate of drug-likeness (QED) is 0.642. The number of hydrogen-bond donors (Lipinski definition) is 2. The fourth-order valence-corrected chi connectivity index (χ4v) is 2.04. The van der Waals surface area contributed by atoms with E-state index in [4.69, 9.17) is 14.6 Å². The Morgan fingerprint density at radius 3 is 2.65 bits per heavy atom. The lowest BCUT2D eigenvalue weighted by atomic mass is 10.1. The van der Waals surface area contributed by atoms with Crippen LogP contribution in [0, 0.1) is 0 Å². The number of hydrogen-bond acceptors (Lipinski definition) is 4. The number of piperidine rings is 1. The zero-order valence-corrected chi connectivity index (χ0v) is 12.0. The first-order valence-corrected chi connectivity index (χ1v) is 7.07. The molecular formula is C13H24N2O5. The Kier molecular flexibility index (Phi) is 7.98. The fourth-order valence-electron chi connectivity index (χ4n) is 2.04. The maximum absolute atomic E-state index is 11.8. The van der Waals surface area contributed by atoms with Crippen molar-refractivity contribution in [2.45, 2.75) is 32.3 Å². The van der Waals surface area contributed by atoms with Crippen molar-refractivity contribution in [1.29, 1.82) is 0 Å². The molecule has 116 valence electrons. The maximum Gasteiger partial charge on any atom is 0.329 e. The molecule has 0 unspecified atom stereocenters. The van der Waals surface area contributed by atoms with E-state index in [0.717, 1.165) is 6.42 Å². The van der Waals surface area contributed by atoms with Crippen molar-refractivity contribution in [2.24, 2.45) is 0 Å². The molecule has 0 spiro atoms. The second-order valence-corrected chi connectivity index (χ2v) is 4.67. The highest BCUT2D eigenvalue weighted by Gasteiger charge is 2.23. The monoisotopic (exact) mass is 288 g/mol. The molecule has 1 fully saturated rings. The molecule has 1 heterocycles. The molecule has 0 bridgehead atoms. The van der Waals surface area contributed by atoms with Gasteiger partial charge in [0.05, 0.1) is 6.10 Å². The van der Waals surface area contributed by atoms with Crippen LogP contribution in [-0.4, -0.2) is 67.6 Å². The summed E-state index contributed by atoms with van der Waals surface area (Å²) in [6.45, 7) is 4.82. The Balaban J connectivity index is 2.11. The van der Waals surface area contributed by atoms with Crippen molar-refractivity contribution in [3.05, 3.63) is 0 Å². The first-order valence-electron chi connectivity index (χ1n) is 7.07. The number of nitrogens with zero attached hydrogens (tertiary/aromatic N) is 1. The Hall–Kier alpha value is -1.34. The summed E-state index contributed by atoms with van der Waals surface area (Å²) in [7, 11) is 0. The van der Waals surface area contributed by atoms with Crippen molar-refractivity contribution in [3.63, 3.8) is 0 Å². The summed E-state index contributed by atoms with van der Waals surface area (Å²) in [5.74, 6) is -0.959. The Morgan fingerprint density at radius 2 is 2.05 bits per heavy atom. The number of aliphatic carboxylic acids is 1. The smallest absolute Gasteiger partial charge is 0.329 e. The van der Waals surface area contributed by atoms with Gasteiger partial charge in [-0.15, -0.1) is 0 Å². The third-order valence-corrected chi connectivity index (χ3v) is 3.12. The number of carboxylic acids is 1. The second kappa shape index (κ2) is 9.55. The van der Waals surface area contributed by atoms with E-state index < -0.39 is 5.97 Å². The van der Waals surface area contributed by atoms with Crippen molar-refractivity contribution >= 4 is 12.0 Å². The lowest BCUT2D eigenvalue weighted by Crippen LogP contribution is -2.46. The van der Waals surface area contributed by atoms with Crippen LogP contribution < -0.4 is 5.32 Å². The summed E-state index contributed by atoms with van der Waals surface area (Å²) in [6, 6.07) is -0.0711. The summed E-state index contributed by atoms with van der Waals surface area (Å²) in [5.41, 5.74) is 0. The molecule has 0 atom stereocenters. The van der Waals surface area contributed by atoms with E-state index in [2.05, 4.69) is 5.32 Å². The molecule has 0 saturated carbocycles. The Morgan fingerprint density at radius 1 is 1.35 bits per heavy atom. The highest BCUT2D eigenvalue weighted by molar-refractivity contribution is 5.74. The molecule has 20 heavy (non-hydrogen) atoms. The summed E-state index contributed by atoms with van der Waals surface area (Å²) in [4.78, 5) is 24.0. The van der Waals surface area contributed by atoms with Gasteiger partial charge in [0.1, 0.15) is 6.61 Å². The number of likely N-dealkylation sites (tertiary alicyclic amines) is 1. The molecular weight excluding hydrogens is 264 g/mol. The number of ether oxygens (including phenoxy) is 2. The number of carbonyl (C=O) groups is 2. The minimum Gasteiger partial charge on any atom is -0.480 e. The van der Waals surface area contributed by atoms with Crippen molar-refractivity contribution < 1.29 is 24.2 Å². The van der Waals surface area contributed by atoms with E-state index in [1.165, 1.54) is 0 Å². The highest BCUT2D eigenvalue weighted by Crippen LogP contribution is 2.13. The first kappa shape index (κ1) is 16.7. The molecule has 1 aliphatic rings. The van der Waals surface area contributed by atoms with Gasteiger partial charge in [-0.05, 0) is 26.2 Å². The summed E-state index contributed by atoms with van der Waals surface area (Å²) < 4.78 is 10.4. The molecule has 1 aliphatic heterocycles. The van der Waals surface area contributed by atoms with Crippen LogP contribution in [-0.2, 0) is 14.3 Å². The van der Waals surface area contributed by atoms with Gasteiger partial charge in [-0.3, -0.25) is 0 Å². The van der Waals surface area contributed by atoms with Gasteiger partial charge < -0.3 is 24.8 Å². The fraction of sp³-hybridized carbons (Fsp3) is 0.846. The van der Waals surface area contributed by atoms with Crippen LogP contribution in [0.2, 0.25) is 0 Å². The van der Waals surface area contributed by atoms with Crippen LogP contribution in [0.1, 0.15) is 26.2 Å². The van der Waals surface area contributed by atoms with Crippen LogP contribution in [0.3, 0.4) is 0 Å². The molecule has 1 rings (SSSR count). The van der Waals surface area contributed by atoms with Crippen LogP contribution in [0.25, 0.3) is 0 Å². The van der Waals surface area contributed by atoms with E-state index in [1.807, 2.05) is 6.92 Å². The summed E-state index contributed by atoms with van der Waals surface area (Å²) in [5, 5.41) is 11.4. The van der Waals surface area contributed by atoms with Gasteiger partial charge in [0.25, 0.3) is 0 Å². The maximum atomic E-state index is 11.8. The van der Waals surface area contributed by atoms with Gasteiger partial charge in [-0.1, -0.05) is 0 Å². The Bertz CT molecular complexity index is 303. The third-order valence-electron chi connectivity index (χ3n) is 3.12. The minimum atomic E-state index is -0.959. The number of amides is 2. The summed E-state index contributed by atoms with van der Waals surface area (Å²) >= 11 is 0. The lowest BCUT2D eigenvalue weighted by molar-refractivity contribution is -0.145. The zero-order valence-electron chi connectivity index (χ0n) is 12.0. The predicted molar refractivity (Wildman–Crippen MR) is 72.7 cm³/mol. The zero-order chi connectivity index (χ0) is 14.8. The van der Waals surface area contributed by atoms with Crippen LogP contribution in [0.15, 0.2) is 0 Å². The van der Waals surface area contributed by atoms with E-state index in [-0.39, 0.29) is 18.7 Å². The molecule has 0 aliphatic carbocycles. The van der Waals surface area contributed by atoms with Crippen LogP contribution in [0.4, 0.5) is 4.79 Å². The van der Waals surface area contributed by atoms with Crippen molar-refractivity contribution in [1.82, 2.24) is 10.2 Å². The molecule has 7 nitrogen and oxygen atoms in total. The number of rotatable bonds is 8. The predicted octanol–water partition coefficient (Wildman–Crippen LogP) is 0.688. The average molecular weight is 288 g/mol. The molecule has 1 saturated heterocycles. The number of carboxylic acid groups (broad SMARTS) is 1. The summed E-state index contributed by atoms with van der Waals surface area (Å²) in [6.07, 6.45) is 2.10. The van der Waals surface area contributed by atoms with Crippen LogP contribution in [0.5, 0.6) is 0 Å².